The van der Waals surface area contributed by atoms with E-state index >= 15 is 0 Å². The number of carbonyl (C=O) groups is 2. The molecule has 1 saturated heterocycles. The molecule has 4 rings (SSSR count). The molecular weight excluding hydrogens is 338 g/mol. The van der Waals surface area contributed by atoms with Gasteiger partial charge in [-0.25, -0.2) is 0 Å². The number of hydrogen-bond acceptors (Lipinski definition) is 3. The van der Waals surface area contributed by atoms with E-state index in [0.717, 1.165) is 24.3 Å². The van der Waals surface area contributed by atoms with Crippen molar-refractivity contribution in [3.05, 3.63) is 60.2 Å². The van der Waals surface area contributed by atoms with Gasteiger partial charge in [-0.2, -0.15) is 0 Å². The highest BCUT2D eigenvalue weighted by atomic mass is 16.2. The van der Waals surface area contributed by atoms with Gasteiger partial charge in [-0.15, -0.1) is 0 Å². The molecule has 5 heteroatoms. The average Bonchev–Trinajstić information content (AvgIpc) is 3.35. The fourth-order valence-corrected chi connectivity index (χ4v) is 3.61. The number of rotatable bonds is 6. The zero-order chi connectivity index (χ0) is 18.7. The van der Waals surface area contributed by atoms with Crippen molar-refractivity contribution in [2.75, 3.05) is 23.3 Å². The van der Waals surface area contributed by atoms with Gasteiger partial charge < -0.3 is 15.5 Å². The first-order chi connectivity index (χ1) is 13.2. The lowest BCUT2D eigenvalue weighted by molar-refractivity contribution is -0.134. The zero-order valence-electron chi connectivity index (χ0n) is 15.4. The Balaban J connectivity index is 1.35. The Labute approximate surface area is 159 Å². The highest BCUT2D eigenvalue weighted by molar-refractivity contribution is 6.13. The summed E-state index contributed by atoms with van der Waals surface area (Å²) in [5, 5.41) is 5.83. The van der Waals surface area contributed by atoms with Crippen LogP contribution < -0.4 is 15.5 Å². The van der Waals surface area contributed by atoms with Crippen LogP contribution in [0, 0.1) is 5.41 Å². The molecule has 140 valence electrons. The molecule has 2 aromatic rings. The van der Waals surface area contributed by atoms with Gasteiger partial charge in [0.1, 0.15) is 5.41 Å². The number of benzene rings is 2. The van der Waals surface area contributed by atoms with Gasteiger partial charge in [0, 0.05) is 31.0 Å². The summed E-state index contributed by atoms with van der Waals surface area (Å²) in [5.41, 5.74) is 2.04. The minimum atomic E-state index is -0.914. The first-order valence-corrected chi connectivity index (χ1v) is 9.66. The molecule has 0 bridgehead atoms. The average molecular weight is 363 g/mol. The molecule has 2 aliphatic rings. The summed E-state index contributed by atoms with van der Waals surface area (Å²) in [6.45, 7) is 2.63. The number of carbonyl (C=O) groups excluding carboxylic acids is 2. The molecule has 2 amide bonds. The van der Waals surface area contributed by atoms with Gasteiger partial charge in [0.2, 0.25) is 11.8 Å². The van der Waals surface area contributed by atoms with Crippen LogP contribution in [-0.4, -0.2) is 24.9 Å². The van der Waals surface area contributed by atoms with Gasteiger partial charge in [-0.1, -0.05) is 30.3 Å². The van der Waals surface area contributed by atoms with Crippen LogP contribution in [0.25, 0.3) is 0 Å². The standard InChI is InChI=1S/C22H25N3O2/c26-20(23-16-17-6-2-1-3-7-17)22(12-13-22)21(27)24-18-8-10-19(11-9-18)25-14-4-5-15-25/h1-3,6-11H,4-5,12-16H2,(H,23,26)(H,24,27). The first kappa shape index (κ1) is 17.6. The van der Waals surface area contributed by atoms with E-state index in [1.165, 1.54) is 18.5 Å². The lowest BCUT2D eigenvalue weighted by Crippen LogP contribution is -2.39. The fraction of sp³-hybridized carbons (Fsp3) is 0.364. The minimum absolute atomic E-state index is 0.183. The van der Waals surface area contributed by atoms with E-state index < -0.39 is 5.41 Å². The second-order valence-electron chi connectivity index (χ2n) is 7.45. The molecule has 1 heterocycles. The highest BCUT2D eigenvalue weighted by Crippen LogP contribution is 2.47. The predicted molar refractivity (Wildman–Crippen MR) is 106 cm³/mol. The summed E-state index contributed by atoms with van der Waals surface area (Å²) in [6.07, 6.45) is 3.68. The monoisotopic (exact) mass is 363 g/mol. The summed E-state index contributed by atoms with van der Waals surface area (Å²) >= 11 is 0. The molecule has 2 fully saturated rings. The quantitative estimate of drug-likeness (QED) is 0.774. The van der Waals surface area contributed by atoms with Crippen molar-refractivity contribution in [3.8, 4) is 0 Å². The van der Waals surface area contributed by atoms with Crippen molar-refractivity contribution < 1.29 is 9.59 Å². The third-order valence-corrected chi connectivity index (χ3v) is 5.51. The van der Waals surface area contributed by atoms with E-state index in [-0.39, 0.29) is 11.8 Å². The molecular formula is C22H25N3O2. The molecule has 1 aliphatic heterocycles. The second-order valence-corrected chi connectivity index (χ2v) is 7.45. The van der Waals surface area contributed by atoms with E-state index in [2.05, 4.69) is 15.5 Å². The van der Waals surface area contributed by atoms with Gasteiger partial charge in [0.25, 0.3) is 0 Å². The summed E-state index contributed by atoms with van der Waals surface area (Å²) in [7, 11) is 0. The minimum Gasteiger partial charge on any atom is -0.372 e. The SMILES string of the molecule is O=C(NCc1ccccc1)C1(C(=O)Nc2ccc(N3CCCC3)cc2)CC1. The van der Waals surface area contributed by atoms with Crippen molar-refractivity contribution >= 4 is 23.2 Å². The Morgan fingerprint density at radius 2 is 1.56 bits per heavy atom. The van der Waals surface area contributed by atoms with Crippen molar-refractivity contribution in [2.45, 2.75) is 32.2 Å². The fourth-order valence-electron chi connectivity index (χ4n) is 3.61. The van der Waals surface area contributed by atoms with E-state index in [0.29, 0.717) is 19.4 Å². The van der Waals surface area contributed by atoms with Crippen molar-refractivity contribution in [1.29, 1.82) is 0 Å². The van der Waals surface area contributed by atoms with Gasteiger partial charge in [-0.3, -0.25) is 9.59 Å². The normalized spacial score (nSPS) is 17.4. The number of amides is 2. The van der Waals surface area contributed by atoms with Crippen LogP contribution >= 0.6 is 0 Å². The van der Waals surface area contributed by atoms with Crippen LogP contribution in [-0.2, 0) is 16.1 Å². The molecule has 2 N–H and O–H groups in total. The van der Waals surface area contributed by atoms with Crippen LogP contribution in [0.1, 0.15) is 31.2 Å². The number of nitrogens with zero attached hydrogens (tertiary/aromatic N) is 1. The van der Waals surface area contributed by atoms with Crippen molar-refractivity contribution in [3.63, 3.8) is 0 Å². The number of nitrogens with one attached hydrogen (secondary N) is 2. The van der Waals surface area contributed by atoms with Crippen LogP contribution in [0.3, 0.4) is 0 Å². The van der Waals surface area contributed by atoms with Crippen LogP contribution in [0.4, 0.5) is 11.4 Å². The van der Waals surface area contributed by atoms with Gasteiger partial charge in [0.05, 0.1) is 0 Å². The molecule has 0 atom stereocenters. The Kier molecular flexibility index (Phi) is 4.84. The maximum absolute atomic E-state index is 12.7. The molecule has 2 aromatic carbocycles. The predicted octanol–water partition coefficient (Wildman–Crippen LogP) is 3.32. The van der Waals surface area contributed by atoms with E-state index in [1.807, 2.05) is 54.6 Å². The van der Waals surface area contributed by atoms with E-state index in [4.69, 9.17) is 0 Å². The van der Waals surface area contributed by atoms with Crippen LogP contribution in [0.5, 0.6) is 0 Å². The topological polar surface area (TPSA) is 61.4 Å². The largest absolute Gasteiger partial charge is 0.372 e. The third kappa shape index (κ3) is 3.82. The Bertz CT molecular complexity index is 807. The van der Waals surface area contributed by atoms with Crippen molar-refractivity contribution in [1.82, 2.24) is 5.32 Å². The maximum Gasteiger partial charge on any atom is 0.240 e. The van der Waals surface area contributed by atoms with E-state index in [1.54, 1.807) is 0 Å². The molecule has 0 unspecified atom stereocenters. The summed E-state index contributed by atoms with van der Waals surface area (Å²) in [5.74, 6) is -0.389. The summed E-state index contributed by atoms with van der Waals surface area (Å²) < 4.78 is 0. The molecule has 1 aliphatic carbocycles. The smallest absolute Gasteiger partial charge is 0.240 e. The van der Waals surface area contributed by atoms with Crippen molar-refractivity contribution in [2.24, 2.45) is 5.41 Å². The lowest BCUT2D eigenvalue weighted by atomic mass is 10.0. The van der Waals surface area contributed by atoms with Gasteiger partial charge in [0.15, 0.2) is 0 Å². The molecule has 1 saturated carbocycles. The molecule has 0 spiro atoms. The molecule has 0 radical (unpaired) electrons. The Morgan fingerprint density at radius 3 is 2.19 bits per heavy atom. The summed E-state index contributed by atoms with van der Waals surface area (Å²) in [6, 6.07) is 17.7. The van der Waals surface area contributed by atoms with Crippen LogP contribution in [0.15, 0.2) is 54.6 Å². The molecule has 5 nitrogen and oxygen atoms in total. The second kappa shape index (κ2) is 7.43. The first-order valence-electron chi connectivity index (χ1n) is 9.66. The maximum atomic E-state index is 12.7. The zero-order valence-corrected chi connectivity index (χ0v) is 15.4. The summed E-state index contributed by atoms with van der Waals surface area (Å²) in [4.78, 5) is 27.6. The molecule has 27 heavy (non-hydrogen) atoms. The Hall–Kier alpha value is -2.82. The number of anilines is 2. The van der Waals surface area contributed by atoms with Gasteiger partial charge >= 0.3 is 0 Å². The lowest BCUT2D eigenvalue weighted by Gasteiger charge is -2.19. The van der Waals surface area contributed by atoms with Gasteiger partial charge in [-0.05, 0) is 55.5 Å². The third-order valence-electron chi connectivity index (χ3n) is 5.51. The van der Waals surface area contributed by atoms with E-state index in [9.17, 15) is 9.59 Å². The van der Waals surface area contributed by atoms with Crippen LogP contribution in [0.2, 0.25) is 0 Å². The molecule has 0 aromatic heterocycles. The highest BCUT2D eigenvalue weighted by Gasteiger charge is 2.56. The Morgan fingerprint density at radius 1 is 0.889 bits per heavy atom. The number of hydrogen-bond donors (Lipinski definition) is 2.